The van der Waals surface area contributed by atoms with Crippen LogP contribution in [0, 0.1) is 5.82 Å². The second kappa shape index (κ2) is 8.51. The summed E-state index contributed by atoms with van der Waals surface area (Å²) >= 11 is 0. The van der Waals surface area contributed by atoms with Crippen LogP contribution in [0.3, 0.4) is 0 Å². The number of nitrogens with zero attached hydrogens (tertiary/aromatic N) is 1. The molecule has 0 saturated heterocycles. The first-order chi connectivity index (χ1) is 13.7. The molecule has 1 heterocycles. The Morgan fingerprint density at radius 3 is 2.36 bits per heavy atom. The van der Waals surface area contributed by atoms with Gasteiger partial charge in [-0.25, -0.2) is 9.37 Å². The van der Waals surface area contributed by atoms with Crippen LogP contribution in [0.15, 0.2) is 54.6 Å². The fourth-order valence-corrected chi connectivity index (χ4v) is 4.00. The van der Waals surface area contributed by atoms with Crippen LogP contribution in [0.25, 0.3) is 22.2 Å². The molecule has 3 nitrogen and oxygen atoms in total. The van der Waals surface area contributed by atoms with Crippen molar-refractivity contribution in [2.75, 3.05) is 0 Å². The summed E-state index contributed by atoms with van der Waals surface area (Å²) in [6, 6.07) is 16.0. The summed E-state index contributed by atoms with van der Waals surface area (Å²) in [6.45, 7) is 0. The van der Waals surface area contributed by atoms with Crippen LogP contribution in [0.2, 0.25) is 0 Å². The van der Waals surface area contributed by atoms with Gasteiger partial charge in [0.1, 0.15) is 5.82 Å². The van der Waals surface area contributed by atoms with E-state index >= 15 is 0 Å². The van der Waals surface area contributed by atoms with Crippen molar-refractivity contribution in [3.8, 4) is 11.3 Å². The summed E-state index contributed by atoms with van der Waals surface area (Å²) in [5, 5.41) is 4.10. The molecule has 4 heteroatoms. The highest BCUT2D eigenvalue weighted by atomic mass is 19.1. The standard InChI is InChI=1S/C24H25FN2O/c25-18-14-12-17(13-15-18)23-16-21(20-10-6-7-11-22(20)27-23)24(28)26-19-8-4-2-1-3-5-9-19/h6-7,10-16,19H,1-5,8-9H2,(H,26,28). The number of amides is 1. The van der Waals surface area contributed by atoms with Gasteiger partial charge in [-0.05, 0) is 49.2 Å². The average Bonchev–Trinajstić information content (AvgIpc) is 2.69. The van der Waals surface area contributed by atoms with Gasteiger partial charge in [0.25, 0.3) is 5.91 Å². The second-order valence-corrected chi connectivity index (χ2v) is 7.59. The number of aromatic nitrogens is 1. The van der Waals surface area contributed by atoms with E-state index < -0.39 is 0 Å². The molecule has 1 amide bonds. The number of benzene rings is 2. The molecule has 0 aliphatic heterocycles. The van der Waals surface area contributed by atoms with Crippen molar-refractivity contribution in [3.63, 3.8) is 0 Å². The number of para-hydroxylation sites is 1. The van der Waals surface area contributed by atoms with E-state index in [4.69, 9.17) is 0 Å². The van der Waals surface area contributed by atoms with Gasteiger partial charge < -0.3 is 5.32 Å². The molecule has 1 aliphatic rings. The lowest BCUT2D eigenvalue weighted by Gasteiger charge is -2.21. The van der Waals surface area contributed by atoms with Crippen LogP contribution in [-0.4, -0.2) is 16.9 Å². The number of hydrogen-bond donors (Lipinski definition) is 1. The maximum atomic E-state index is 13.3. The molecular weight excluding hydrogens is 351 g/mol. The summed E-state index contributed by atoms with van der Waals surface area (Å²) in [6.07, 6.45) is 8.22. The minimum absolute atomic E-state index is 0.0486. The molecule has 4 rings (SSSR count). The SMILES string of the molecule is O=C(NC1CCCCCCC1)c1cc(-c2ccc(F)cc2)nc2ccccc12. The predicted octanol–water partition coefficient (Wildman–Crippen LogP) is 5.88. The molecule has 0 atom stereocenters. The zero-order chi connectivity index (χ0) is 19.3. The summed E-state index contributed by atoms with van der Waals surface area (Å²) in [5.41, 5.74) is 2.88. The Hall–Kier alpha value is -2.75. The van der Waals surface area contributed by atoms with E-state index in [0.29, 0.717) is 11.3 Å². The number of carbonyl (C=O) groups excluding carboxylic acids is 1. The van der Waals surface area contributed by atoms with Crippen LogP contribution >= 0.6 is 0 Å². The van der Waals surface area contributed by atoms with E-state index in [1.165, 1.54) is 44.2 Å². The van der Waals surface area contributed by atoms with E-state index in [1.807, 2.05) is 30.3 Å². The van der Waals surface area contributed by atoms with Crippen molar-refractivity contribution in [3.05, 3.63) is 66.0 Å². The molecule has 28 heavy (non-hydrogen) atoms. The van der Waals surface area contributed by atoms with Crippen LogP contribution < -0.4 is 5.32 Å². The lowest BCUT2D eigenvalue weighted by molar-refractivity contribution is 0.0932. The molecule has 0 radical (unpaired) electrons. The topological polar surface area (TPSA) is 42.0 Å². The van der Waals surface area contributed by atoms with Crippen LogP contribution in [0.1, 0.15) is 55.3 Å². The molecule has 1 saturated carbocycles. The Balaban J connectivity index is 1.68. The highest BCUT2D eigenvalue weighted by Crippen LogP contribution is 2.26. The highest BCUT2D eigenvalue weighted by molar-refractivity contribution is 6.07. The molecule has 1 fully saturated rings. The van der Waals surface area contributed by atoms with Gasteiger partial charge in [0, 0.05) is 17.0 Å². The lowest BCUT2D eigenvalue weighted by Crippen LogP contribution is -2.35. The monoisotopic (exact) mass is 376 g/mol. The third-order valence-corrected chi connectivity index (χ3v) is 5.54. The van der Waals surface area contributed by atoms with Gasteiger partial charge >= 0.3 is 0 Å². The summed E-state index contributed by atoms with van der Waals surface area (Å²) in [4.78, 5) is 17.9. The number of hydrogen-bond acceptors (Lipinski definition) is 2. The van der Waals surface area contributed by atoms with Crippen molar-refractivity contribution in [2.45, 2.75) is 51.0 Å². The van der Waals surface area contributed by atoms with Gasteiger partial charge in [-0.1, -0.05) is 50.3 Å². The molecule has 0 bridgehead atoms. The van der Waals surface area contributed by atoms with Crippen molar-refractivity contribution in [1.82, 2.24) is 10.3 Å². The van der Waals surface area contributed by atoms with Gasteiger partial charge in [-0.2, -0.15) is 0 Å². The average molecular weight is 376 g/mol. The highest BCUT2D eigenvalue weighted by Gasteiger charge is 2.18. The predicted molar refractivity (Wildman–Crippen MR) is 111 cm³/mol. The largest absolute Gasteiger partial charge is 0.349 e. The van der Waals surface area contributed by atoms with Crippen LogP contribution in [0.4, 0.5) is 4.39 Å². The summed E-state index contributed by atoms with van der Waals surface area (Å²) < 4.78 is 13.3. The Kier molecular flexibility index (Phi) is 5.65. The van der Waals surface area contributed by atoms with Crippen LogP contribution in [0.5, 0.6) is 0 Å². The number of rotatable bonds is 3. The minimum atomic E-state index is -0.285. The van der Waals surface area contributed by atoms with Gasteiger partial charge in [-0.3, -0.25) is 4.79 Å². The summed E-state index contributed by atoms with van der Waals surface area (Å²) in [5.74, 6) is -0.334. The molecular formula is C24H25FN2O. The smallest absolute Gasteiger partial charge is 0.252 e. The first kappa shape index (κ1) is 18.6. The Morgan fingerprint density at radius 1 is 0.929 bits per heavy atom. The minimum Gasteiger partial charge on any atom is -0.349 e. The van der Waals surface area contributed by atoms with E-state index in [0.717, 1.165) is 29.3 Å². The van der Waals surface area contributed by atoms with E-state index in [-0.39, 0.29) is 17.8 Å². The van der Waals surface area contributed by atoms with E-state index in [9.17, 15) is 9.18 Å². The number of fused-ring (bicyclic) bond motifs is 1. The second-order valence-electron chi connectivity index (χ2n) is 7.59. The summed E-state index contributed by atoms with van der Waals surface area (Å²) in [7, 11) is 0. The molecule has 2 aromatic carbocycles. The molecule has 1 aliphatic carbocycles. The molecule has 3 aromatic rings. The number of pyridine rings is 1. The molecule has 1 aromatic heterocycles. The van der Waals surface area contributed by atoms with Crippen LogP contribution in [-0.2, 0) is 0 Å². The molecule has 0 unspecified atom stereocenters. The molecule has 144 valence electrons. The third-order valence-electron chi connectivity index (χ3n) is 5.54. The van der Waals surface area contributed by atoms with E-state index in [2.05, 4.69) is 10.3 Å². The Morgan fingerprint density at radius 2 is 1.61 bits per heavy atom. The van der Waals surface area contributed by atoms with Gasteiger partial charge in [0.05, 0.1) is 16.8 Å². The maximum absolute atomic E-state index is 13.3. The zero-order valence-corrected chi connectivity index (χ0v) is 16.0. The molecule has 0 spiro atoms. The Labute approximate surface area is 165 Å². The fourth-order valence-electron chi connectivity index (χ4n) is 4.00. The zero-order valence-electron chi connectivity index (χ0n) is 16.0. The van der Waals surface area contributed by atoms with Crippen molar-refractivity contribution >= 4 is 16.8 Å². The lowest BCUT2D eigenvalue weighted by atomic mass is 9.96. The van der Waals surface area contributed by atoms with Gasteiger partial charge in [-0.15, -0.1) is 0 Å². The number of halogens is 1. The molecule has 1 N–H and O–H groups in total. The van der Waals surface area contributed by atoms with Crippen molar-refractivity contribution in [2.24, 2.45) is 0 Å². The van der Waals surface area contributed by atoms with E-state index in [1.54, 1.807) is 12.1 Å². The first-order valence-electron chi connectivity index (χ1n) is 10.2. The fraction of sp³-hybridized carbons (Fsp3) is 0.333. The van der Waals surface area contributed by atoms with Gasteiger partial charge in [0.2, 0.25) is 0 Å². The first-order valence-corrected chi connectivity index (χ1v) is 10.2. The van der Waals surface area contributed by atoms with Gasteiger partial charge in [0.15, 0.2) is 0 Å². The van der Waals surface area contributed by atoms with Crippen molar-refractivity contribution in [1.29, 1.82) is 0 Å². The number of carbonyl (C=O) groups is 1. The third kappa shape index (κ3) is 4.22. The number of nitrogens with one attached hydrogen (secondary N) is 1. The normalized spacial score (nSPS) is 15.8. The maximum Gasteiger partial charge on any atom is 0.252 e. The quantitative estimate of drug-likeness (QED) is 0.620. The Bertz CT molecular complexity index is 960. The van der Waals surface area contributed by atoms with Crippen molar-refractivity contribution < 1.29 is 9.18 Å².